The van der Waals surface area contributed by atoms with Crippen LogP contribution in [-0.4, -0.2) is 91.7 Å². The van der Waals surface area contributed by atoms with E-state index < -0.39 is 0 Å². The van der Waals surface area contributed by atoms with Crippen LogP contribution in [0.25, 0.3) is 0 Å². The van der Waals surface area contributed by atoms with Crippen LogP contribution < -0.4 is 9.80 Å². The number of benzene rings is 1. The van der Waals surface area contributed by atoms with E-state index in [4.69, 9.17) is 4.74 Å². The number of nitrogens with zero attached hydrogens (tertiary/aromatic N) is 6. The minimum atomic E-state index is 0.176. The van der Waals surface area contributed by atoms with Gasteiger partial charge in [-0.15, -0.1) is 0 Å². The summed E-state index contributed by atoms with van der Waals surface area (Å²) < 4.78 is 5.48. The van der Waals surface area contributed by atoms with Crippen LogP contribution in [0.3, 0.4) is 0 Å². The van der Waals surface area contributed by atoms with Gasteiger partial charge in [0, 0.05) is 63.9 Å². The first kappa shape index (κ1) is 20.6. The molecule has 1 aromatic carbocycles. The van der Waals surface area contributed by atoms with E-state index >= 15 is 0 Å². The second-order valence-corrected chi connectivity index (χ2v) is 7.82. The van der Waals surface area contributed by atoms with E-state index in [0.717, 1.165) is 51.9 Å². The highest BCUT2D eigenvalue weighted by molar-refractivity contribution is 5.78. The quantitative estimate of drug-likeness (QED) is 0.706. The molecule has 0 saturated carbocycles. The van der Waals surface area contributed by atoms with Crippen LogP contribution in [0, 0.1) is 0 Å². The average molecular weight is 411 g/mol. The average Bonchev–Trinajstić information content (AvgIpc) is 2.80. The van der Waals surface area contributed by atoms with Gasteiger partial charge in [-0.3, -0.25) is 9.69 Å². The summed E-state index contributed by atoms with van der Waals surface area (Å²) in [6.07, 6.45) is 3.51. The Labute approximate surface area is 178 Å². The van der Waals surface area contributed by atoms with Gasteiger partial charge in [0.05, 0.1) is 19.8 Å². The minimum Gasteiger partial charge on any atom is -0.378 e. The summed E-state index contributed by atoms with van der Waals surface area (Å²) in [5, 5.41) is 0. The number of carbonyl (C=O) groups excluding carboxylic acids is 1. The fraction of sp³-hybridized carbons (Fsp3) is 0.500. The van der Waals surface area contributed by atoms with Gasteiger partial charge in [-0.1, -0.05) is 18.2 Å². The molecular formula is C22H30N6O2. The van der Waals surface area contributed by atoms with Crippen molar-refractivity contribution in [3.05, 3.63) is 48.3 Å². The molecule has 0 radical (unpaired) electrons. The molecule has 0 unspecified atom stereocenters. The van der Waals surface area contributed by atoms with Crippen LogP contribution in [0.1, 0.15) is 5.56 Å². The first-order valence-corrected chi connectivity index (χ1v) is 10.6. The van der Waals surface area contributed by atoms with E-state index in [-0.39, 0.29) is 5.91 Å². The molecule has 8 heteroatoms. The van der Waals surface area contributed by atoms with Gasteiger partial charge in [-0.25, -0.2) is 9.97 Å². The van der Waals surface area contributed by atoms with Gasteiger partial charge in [-0.2, -0.15) is 0 Å². The molecule has 3 heterocycles. The predicted octanol–water partition coefficient (Wildman–Crippen LogP) is 1.09. The van der Waals surface area contributed by atoms with Crippen molar-refractivity contribution >= 4 is 17.5 Å². The third-order valence-corrected chi connectivity index (χ3v) is 5.66. The standard InChI is InChI=1S/C22H30N6O2/c1-25(17-19-5-2-3-6-20(19)26-13-15-30-16-14-26)18-21(29)27-9-11-28(12-10-27)22-23-7-4-8-24-22/h2-8H,9-18H2,1H3. The Hall–Kier alpha value is -2.71. The maximum absolute atomic E-state index is 12.8. The van der Waals surface area contributed by atoms with Crippen LogP contribution >= 0.6 is 0 Å². The van der Waals surface area contributed by atoms with E-state index in [1.54, 1.807) is 12.4 Å². The Bertz CT molecular complexity index is 819. The second kappa shape index (κ2) is 9.86. The molecule has 2 aliphatic rings. The predicted molar refractivity (Wildman–Crippen MR) is 117 cm³/mol. The van der Waals surface area contributed by atoms with Gasteiger partial charge in [-0.05, 0) is 24.7 Å². The smallest absolute Gasteiger partial charge is 0.236 e. The molecule has 0 atom stereocenters. The Balaban J connectivity index is 1.29. The van der Waals surface area contributed by atoms with E-state index in [0.29, 0.717) is 19.6 Å². The molecule has 1 aromatic heterocycles. The molecule has 2 aromatic rings. The fourth-order valence-corrected chi connectivity index (χ4v) is 4.05. The third kappa shape index (κ3) is 5.06. The van der Waals surface area contributed by atoms with Crippen molar-refractivity contribution in [3.8, 4) is 0 Å². The Morgan fingerprint density at radius 1 is 0.967 bits per heavy atom. The highest BCUT2D eigenvalue weighted by atomic mass is 16.5. The van der Waals surface area contributed by atoms with Crippen molar-refractivity contribution in [3.63, 3.8) is 0 Å². The normalized spacial score (nSPS) is 17.5. The Morgan fingerprint density at radius 3 is 2.40 bits per heavy atom. The number of hydrogen-bond acceptors (Lipinski definition) is 7. The van der Waals surface area contributed by atoms with E-state index in [9.17, 15) is 4.79 Å². The Morgan fingerprint density at radius 2 is 1.67 bits per heavy atom. The number of carbonyl (C=O) groups is 1. The van der Waals surface area contributed by atoms with Crippen LogP contribution in [0.5, 0.6) is 0 Å². The van der Waals surface area contributed by atoms with Gasteiger partial charge in [0.1, 0.15) is 0 Å². The highest BCUT2D eigenvalue weighted by Gasteiger charge is 2.23. The summed E-state index contributed by atoms with van der Waals surface area (Å²) in [4.78, 5) is 30.0. The zero-order valence-electron chi connectivity index (χ0n) is 17.6. The number of para-hydroxylation sites is 1. The zero-order chi connectivity index (χ0) is 20.8. The zero-order valence-corrected chi connectivity index (χ0v) is 17.6. The summed E-state index contributed by atoms with van der Waals surface area (Å²) >= 11 is 0. The van der Waals surface area contributed by atoms with E-state index in [1.165, 1.54) is 11.3 Å². The van der Waals surface area contributed by atoms with Crippen molar-refractivity contribution in [1.29, 1.82) is 0 Å². The fourth-order valence-electron chi connectivity index (χ4n) is 4.05. The number of morpholine rings is 1. The molecular weight excluding hydrogens is 380 g/mol. The lowest BCUT2D eigenvalue weighted by Gasteiger charge is -2.35. The molecule has 0 N–H and O–H groups in total. The molecule has 4 rings (SSSR count). The van der Waals surface area contributed by atoms with Crippen molar-refractivity contribution in [2.45, 2.75) is 6.54 Å². The highest BCUT2D eigenvalue weighted by Crippen LogP contribution is 2.22. The van der Waals surface area contributed by atoms with Crippen LogP contribution in [0.2, 0.25) is 0 Å². The van der Waals surface area contributed by atoms with Gasteiger partial charge in [0.15, 0.2) is 0 Å². The minimum absolute atomic E-state index is 0.176. The summed E-state index contributed by atoms with van der Waals surface area (Å²) in [5.41, 5.74) is 2.50. The third-order valence-electron chi connectivity index (χ3n) is 5.66. The van der Waals surface area contributed by atoms with E-state index in [2.05, 4.69) is 48.9 Å². The molecule has 2 saturated heterocycles. The van der Waals surface area contributed by atoms with Gasteiger partial charge >= 0.3 is 0 Å². The van der Waals surface area contributed by atoms with Crippen molar-refractivity contribution < 1.29 is 9.53 Å². The number of rotatable bonds is 6. The maximum Gasteiger partial charge on any atom is 0.236 e. The molecule has 8 nitrogen and oxygen atoms in total. The monoisotopic (exact) mass is 410 g/mol. The number of aromatic nitrogens is 2. The van der Waals surface area contributed by atoms with Crippen molar-refractivity contribution in [2.24, 2.45) is 0 Å². The lowest BCUT2D eigenvalue weighted by molar-refractivity contribution is -0.132. The SMILES string of the molecule is CN(CC(=O)N1CCN(c2ncccn2)CC1)Cc1ccccc1N1CCOCC1. The number of anilines is 2. The van der Waals surface area contributed by atoms with Crippen LogP contribution in [0.4, 0.5) is 11.6 Å². The van der Waals surface area contributed by atoms with Gasteiger partial charge < -0.3 is 19.4 Å². The molecule has 0 bridgehead atoms. The summed E-state index contributed by atoms with van der Waals surface area (Å²) in [6.45, 7) is 7.45. The van der Waals surface area contributed by atoms with Crippen molar-refractivity contribution in [2.75, 3.05) is 75.9 Å². The lowest BCUT2D eigenvalue weighted by Crippen LogP contribution is -2.51. The molecule has 2 fully saturated rings. The molecule has 2 aliphatic heterocycles. The first-order valence-electron chi connectivity index (χ1n) is 10.6. The topological polar surface area (TPSA) is 65.0 Å². The summed E-state index contributed by atoms with van der Waals surface area (Å²) in [5.74, 6) is 0.913. The second-order valence-electron chi connectivity index (χ2n) is 7.82. The molecule has 160 valence electrons. The number of hydrogen-bond donors (Lipinski definition) is 0. The van der Waals surface area contributed by atoms with Gasteiger partial charge in [0.25, 0.3) is 0 Å². The number of likely N-dealkylation sites (N-methyl/N-ethyl adjacent to an activating group) is 1. The largest absolute Gasteiger partial charge is 0.378 e. The van der Waals surface area contributed by atoms with Gasteiger partial charge in [0.2, 0.25) is 11.9 Å². The summed E-state index contributed by atoms with van der Waals surface area (Å²) in [6, 6.07) is 10.3. The molecule has 30 heavy (non-hydrogen) atoms. The summed E-state index contributed by atoms with van der Waals surface area (Å²) in [7, 11) is 2.02. The first-order chi connectivity index (χ1) is 14.7. The van der Waals surface area contributed by atoms with E-state index in [1.807, 2.05) is 18.0 Å². The molecule has 0 aliphatic carbocycles. The number of piperazine rings is 1. The number of amides is 1. The lowest BCUT2D eigenvalue weighted by atomic mass is 10.1. The van der Waals surface area contributed by atoms with Crippen LogP contribution in [0.15, 0.2) is 42.7 Å². The van der Waals surface area contributed by atoms with Crippen LogP contribution in [-0.2, 0) is 16.1 Å². The molecule has 1 amide bonds. The molecule has 0 spiro atoms. The maximum atomic E-state index is 12.8. The van der Waals surface area contributed by atoms with Crippen molar-refractivity contribution in [1.82, 2.24) is 19.8 Å². The Kier molecular flexibility index (Phi) is 6.76. The number of ether oxygens (including phenoxy) is 1.